The lowest BCUT2D eigenvalue weighted by molar-refractivity contribution is 0.266. The zero-order chi connectivity index (χ0) is 12.1. The first-order valence-electron chi connectivity index (χ1n) is 4.80. The van der Waals surface area contributed by atoms with Crippen molar-refractivity contribution in [2.45, 2.75) is 6.54 Å². The lowest BCUT2D eigenvalue weighted by atomic mass is 10.4. The smallest absolute Gasteiger partial charge is 0.287 e. The van der Waals surface area contributed by atoms with E-state index in [1.165, 1.54) is 6.20 Å². The number of anilines is 1. The Morgan fingerprint density at radius 1 is 1.50 bits per heavy atom. The van der Waals surface area contributed by atoms with Crippen LogP contribution in [0.3, 0.4) is 0 Å². The lowest BCUT2D eigenvalue weighted by Crippen LogP contribution is -2.29. The SMILES string of the molecule is CN(CCO)c1cnn(CCO)c(=O)c1Cl. The monoisotopic (exact) mass is 247 g/mol. The summed E-state index contributed by atoms with van der Waals surface area (Å²) in [7, 11) is 1.70. The standard InChI is InChI=1S/C9H14ClN3O3/c1-12(2-4-14)7-6-11-13(3-5-15)9(16)8(7)10/h6,14-15H,2-5H2,1H3. The third kappa shape index (κ3) is 2.72. The summed E-state index contributed by atoms with van der Waals surface area (Å²) in [6.07, 6.45) is 1.44. The van der Waals surface area contributed by atoms with Crippen molar-refractivity contribution in [2.24, 2.45) is 0 Å². The molecule has 6 nitrogen and oxygen atoms in total. The number of hydrogen-bond donors (Lipinski definition) is 2. The molecule has 0 bridgehead atoms. The maximum atomic E-state index is 11.7. The molecule has 0 amide bonds. The van der Waals surface area contributed by atoms with Crippen LogP contribution in [0.1, 0.15) is 0 Å². The summed E-state index contributed by atoms with van der Waals surface area (Å²) < 4.78 is 1.10. The van der Waals surface area contributed by atoms with Crippen LogP contribution in [0.15, 0.2) is 11.0 Å². The maximum absolute atomic E-state index is 11.7. The number of aliphatic hydroxyl groups is 2. The number of nitrogens with zero attached hydrogens (tertiary/aromatic N) is 3. The molecule has 7 heteroatoms. The molecule has 0 aromatic carbocycles. The molecule has 1 aromatic heterocycles. The summed E-state index contributed by atoms with van der Waals surface area (Å²) >= 11 is 5.89. The van der Waals surface area contributed by atoms with Crippen LogP contribution in [0.25, 0.3) is 0 Å². The van der Waals surface area contributed by atoms with E-state index in [1.54, 1.807) is 11.9 Å². The molecule has 1 rings (SSSR count). The van der Waals surface area contributed by atoms with Gasteiger partial charge in [0, 0.05) is 13.6 Å². The van der Waals surface area contributed by atoms with E-state index in [1.807, 2.05) is 0 Å². The van der Waals surface area contributed by atoms with E-state index in [2.05, 4.69) is 5.10 Å². The minimum absolute atomic E-state index is 0.0352. The highest BCUT2D eigenvalue weighted by molar-refractivity contribution is 6.33. The Balaban J connectivity index is 3.06. The maximum Gasteiger partial charge on any atom is 0.287 e. The van der Waals surface area contributed by atoms with Crippen LogP contribution in [0.2, 0.25) is 5.02 Å². The average molecular weight is 248 g/mol. The molecule has 0 saturated heterocycles. The summed E-state index contributed by atoms with van der Waals surface area (Å²) in [6, 6.07) is 0. The third-order valence-electron chi connectivity index (χ3n) is 2.12. The van der Waals surface area contributed by atoms with Gasteiger partial charge in [-0.1, -0.05) is 11.6 Å². The van der Waals surface area contributed by atoms with Crippen molar-refractivity contribution >= 4 is 17.3 Å². The summed E-state index contributed by atoms with van der Waals surface area (Å²) in [5.41, 5.74) is 0.0212. The van der Waals surface area contributed by atoms with Crippen LogP contribution in [-0.4, -0.2) is 46.8 Å². The second kappa shape index (κ2) is 5.83. The number of hydrogen-bond acceptors (Lipinski definition) is 5. The van der Waals surface area contributed by atoms with Crippen LogP contribution >= 0.6 is 11.6 Å². The van der Waals surface area contributed by atoms with E-state index in [0.717, 1.165) is 4.68 Å². The molecule has 1 aromatic rings. The minimum Gasteiger partial charge on any atom is -0.395 e. The molecule has 0 radical (unpaired) electrons. The van der Waals surface area contributed by atoms with E-state index in [-0.39, 0.29) is 24.8 Å². The van der Waals surface area contributed by atoms with Crippen LogP contribution in [0, 0.1) is 0 Å². The predicted octanol–water partition coefficient (Wildman–Crippen LogP) is -0.683. The fourth-order valence-electron chi connectivity index (χ4n) is 1.25. The molecular weight excluding hydrogens is 234 g/mol. The van der Waals surface area contributed by atoms with Crippen molar-refractivity contribution in [3.63, 3.8) is 0 Å². The van der Waals surface area contributed by atoms with Crippen LogP contribution in [-0.2, 0) is 6.54 Å². The summed E-state index contributed by atoms with van der Waals surface area (Å²) in [5.74, 6) is 0. The molecule has 1 heterocycles. The van der Waals surface area contributed by atoms with Gasteiger partial charge in [0.1, 0.15) is 5.02 Å². The zero-order valence-electron chi connectivity index (χ0n) is 8.93. The van der Waals surface area contributed by atoms with Crippen molar-refractivity contribution in [1.82, 2.24) is 9.78 Å². The van der Waals surface area contributed by atoms with Crippen molar-refractivity contribution in [3.8, 4) is 0 Å². The fourth-order valence-corrected chi connectivity index (χ4v) is 1.54. The highest BCUT2D eigenvalue weighted by Gasteiger charge is 2.12. The third-order valence-corrected chi connectivity index (χ3v) is 2.48. The van der Waals surface area contributed by atoms with E-state index < -0.39 is 5.56 Å². The van der Waals surface area contributed by atoms with Gasteiger partial charge < -0.3 is 15.1 Å². The van der Waals surface area contributed by atoms with Crippen molar-refractivity contribution in [1.29, 1.82) is 0 Å². The molecule has 0 unspecified atom stereocenters. The first-order chi connectivity index (χ1) is 7.61. The topological polar surface area (TPSA) is 78.6 Å². The highest BCUT2D eigenvalue weighted by atomic mass is 35.5. The molecule has 0 spiro atoms. The van der Waals surface area contributed by atoms with Gasteiger partial charge in [-0.3, -0.25) is 4.79 Å². The molecule has 0 aliphatic heterocycles. The van der Waals surface area contributed by atoms with Crippen molar-refractivity contribution in [2.75, 3.05) is 31.7 Å². The number of rotatable bonds is 5. The molecule has 0 saturated carbocycles. The van der Waals surface area contributed by atoms with Crippen LogP contribution in [0.4, 0.5) is 5.69 Å². The number of halogens is 1. The van der Waals surface area contributed by atoms with Crippen LogP contribution in [0.5, 0.6) is 0 Å². The fraction of sp³-hybridized carbons (Fsp3) is 0.556. The van der Waals surface area contributed by atoms with E-state index in [4.69, 9.17) is 21.8 Å². The Labute approximate surface area is 97.7 Å². The second-order valence-electron chi connectivity index (χ2n) is 3.24. The number of aromatic nitrogens is 2. The molecule has 0 atom stereocenters. The van der Waals surface area contributed by atoms with E-state index in [9.17, 15) is 4.79 Å². The Morgan fingerprint density at radius 2 is 2.19 bits per heavy atom. The summed E-state index contributed by atoms with van der Waals surface area (Å²) in [6.45, 7) is 0.273. The molecule has 0 aliphatic carbocycles. The van der Waals surface area contributed by atoms with Crippen LogP contribution < -0.4 is 10.5 Å². The molecule has 0 aliphatic rings. The highest BCUT2D eigenvalue weighted by Crippen LogP contribution is 2.18. The van der Waals surface area contributed by atoms with Gasteiger partial charge in [-0.05, 0) is 0 Å². The van der Waals surface area contributed by atoms with Crippen molar-refractivity contribution < 1.29 is 10.2 Å². The van der Waals surface area contributed by atoms with Gasteiger partial charge in [0.05, 0.1) is 31.6 Å². The molecule has 16 heavy (non-hydrogen) atoms. The van der Waals surface area contributed by atoms with Gasteiger partial charge in [0.15, 0.2) is 0 Å². The lowest BCUT2D eigenvalue weighted by Gasteiger charge is -2.18. The normalized spacial score (nSPS) is 10.5. The molecule has 0 fully saturated rings. The first-order valence-corrected chi connectivity index (χ1v) is 5.18. The first kappa shape index (κ1) is 13.0. The quantitative estimate of drug-likeness (QED) is 0.721. The van der Waals surface area contributed by atoms with Gasteiger partial charge in [0.2, 0.25) is 0 Å². The van der Waals surface area contributed by atoms with Gasteiger partial charge in [-0.25, -0.2) is 4.68 Å². The predicted molar refractivity (Wildman–Crippen MR) is 60.9 cm³/mol. The number of likely N-dealkylation sites (N-methyl/N-ethyl adjacent to an activating group) is 1. The molecule has 90 valence electrons. The molecule has 2 N–H and O–H groups in total. The van der Waals surface area contributed by atoms with Gasteiger partial charge in [-0.15, -0.1) is 0 Å². The Morgan fingerprint density at radius 3 is 2.75 bits per heavy atom. The Bertz CT molecular complexity index is 407. The Hall–Kier alpha value is -1.11. The summed E-state index contributed by atoms with van der Waals surface area (Å²) in [4.78, 5) is 13.3. The summed E-state index contributed by atoms with van der Waals surface area (Å²) in [5, 5.41) is 21.4. The van der Waals surface area contributed by atoms with Gasteiger partial charge >= 0.3 is 0 Å². The van der Waals surface area contributed by atoms with E-state index in [0.29, 0.717) is 12.2 Å². The van der Waals surface area contributed by atoms with Gasteiger partial charge in [0.25, 0.3) is 5.56 Å². The number of aliphatic hydroxyl groups excluding tert-OH is 2. The zero-order valence-corrected chi connectivity index (χ0v) is 9.68. The Kier molecular flexibility index (Phi) is 4.72. The largest absolute Gasteiger partial charge is 0.395 e. The average Bonchev–Trinajstić information content (AvgIpc) is 2.25. The van der Waals surface area contributed by atoms with Crippen molar-refractivity contribution in [3.05, 3.63) is 21.6 Å². The minimum atomic E-state index is -0.446. The van der Waals surface area contributed by atoms with Gasteiger partial charge in [-0.2, -0.15) is 5.10 Å². The molecular formula is C9H14ClN3O3. The second-order valence-corrected chi connectivity index (χ2v) is 3.62. The van der Waals surface area contributed by atoms with E-state index >= 15 is 0 Å².